The number of rotatable bonds is 8. The minimum Gasteiger partial charge on any atom is -0.490 e. The summed E-state index contributed by atoms with van der Waals surface area (Å²) in [6.07, 6.45) is 1.56. The number of carbonyl (C=O) groups is 1. The largest absolute Gasteiger partial charge is 0.490 e. The van der Waals surface area contributed by atoms with Crippen LogP contribution in [0.5, 0.6) is 11.5 Å². The zero-order valence-electron chi connectivity index (χ0n) is 18.4. The van der Waals surface area contributed by atoms with Gasteiger partial charge in [0.1, 0.15) is 6.61 Å². The maximum absolute atomic E-state index is 12.5. The summed E-state index contributed by atoms with van der Waals surface area (Å²) in [5.41, 5.74) is 4.85. The fraction of sp³-hybridized carbons (Fsp3) is 0.111. The summed E-state index contributed by atoms with van der Waals surface area (Å²) in [7, 11) is 0. The smallest absolute Gasteiger partial charge is 0.271 e. The van der Waals surface area contributed by atoms with Crippen LogP contribution in [0.2, 0.25) is 5.02 Å². The zero-order chi connectivity index (χ0) is 23.9. The highest BCUT2D eigenvalue weighted by Gasteiger charge is 2.11. The molecule has 0 aromatic heterocycles. The summed E-state index contributed by atoms with van der Waals surface area (Å²) in [6.45, 7) is 2.76. The maximum Gasteiger partial charge on any atom is 0.271 e. The Balaban J connectivity index is 1.46. The molecule has 4 aromatic carbocycles. The first-order valence-electron chi connectivity index (χ1n) is 10.7. The summed E-state index contributed by atoms with van der Waals surface area (Å²) in [5, 5.41) is 6.88. The molecule has 0 spiro atoms. The zero-order valence-corrected chi connectivity index (χ0v) is 20.8. The highest BCUT2D eigenvalue weighted by Crippen LogP contribution is 2.34. The number of halogens is 2. The first-order chi connectivity index (χ1) is 16.5. The van der Waals surface area contributed by atoms with Gasteiger partial charge in [-0.05, 0) is 75.6 Å². The van der Waals surface area contributed by atoms with Gasteiger partial charge in [0.2, 0.25) is 0 Å². The standard InChI is InChI=1S/C27H22BrClN2O3/c1-2-33-25-14-22(24(28)15-26(25)34-17-18-7-11-23(29)12-8-18)16-30-31-27(32)21-10-9-19-5-3-4-6-20(19)13-21/h3-16H,2,17H2,1H3,(H,31,32)/b30-16-. The Labute approximate surface area is 211 Å². The van der Waals surface area contributed by atoms with Crippen molar-refractivity contribution < 1.29 is 14.3 Å². The average molecular weight is 538 g/mol. The third-order valence-electron chi connectivity index (χ3n) is 5.05. The topological polar surface area (TPSA) is 59.9 Å². The predicted molar refractivity (Wildman–Crippen MR) is 140 cm³/mol. The molecule has 34 heavy (non-hydrogen) atoms. The molecule has 0 saturated carbocycles. The lowest BCUT2D eigenvalue weighted by Crippen LogP contribution is -2.17. The molecule has 0 saturated heterocycles. The second kappa shape index (κ2) is 11.2. The van der Waals surface area contributed by atoms with Crippen molar-refractivity contribution in [2.45, 2.75) is 13.5 Å². The van der Waals surface area contributed by atoms with E-state index in [1.54, 1.807) is 12.3 Å². The molecule has 7 heteroatoms. The maximum atomic E-state index is 12.5. The molecule has 4 rings (SSSR count). The van der Waals surface area contributed by atoms with Gasteiger partial charge in [-0.25, -0.2) is 5.43 Å². The number of carbonyl (C=O) groups excluding carboxylic acids is 1. The van der Waals surface area contributed by atoms with E-state index in [1.807, 2.05) is 79.7 Å². The van der Waals surface area contributed by atoms with Gasteiger partial charge in [-0.3, -0.25) is 4.79 Å². The molecule has 5 nitrogen and oxygen atoms in total. The van der Waals surface area contributed by atoms with Gasteiger partial charge >= 0.3 is 0 Å². The van der Waals surface area contributed by atoms with Crippen molar-refractivity contribution in [2.24, 2.45) is 5.10 Å². The van der Waals surface area contributed by atoms with E-state index in [4.69, 9.17) is 21.1 Å². The molecular formula is C27H22BrClN2O3. The average Bonchev–Trinajstić information content (AvgIpc) is 2.85. The SMILES string of the molecule is CCOc1cc(/C=N\NC(=O)c2ccc3ccccc3c2)c(Br)cc1OCc1ccc(Cl)cc1. The van der Waals surface area contributed by atoms with Crippen LogP contribution in [0, 0.1) is 0 Å². The normalized spacial score (nSPS) is 11.0. The van der Waals surface area contributed by atoms with Crippen LogP contribution in [-0.2, 0) is 6.61 Å². The Kier molecular flexibility index (Phi) is 7.83. The summed E-state index contributed by atoms with van der Waals surface area (Å²) >= 11 is 9.50. The number of ether oxygens (including phenoxy) is 2. The molecule has 1 N–H and O–H groups in total. The van der Waals surface area contributed by atoms with Crippen LogP contribution in [0.4, 0.5) is 0 Å². The van der Waals surface area contributed by atoms with Gasteiger partial charge in [0.15, 0.2) is 11.5 Å². The van der Waals surface area contributed by atoms with Crippen molar-refractivity contribution in [3.8, 4) is 11.5 Å². The van der Waals surface area contributed by atoms with Crippen LogP contribution in [0.1, 0.15) is 28.4 Å². The summed E-state index contributed by atoms with van der Waals surface area (Å²) < 4.78 is 12.5. The van der Waals surface area contributed by atoms with Crippen molar-refractivity contribution >= 4 is 50.4 Å². The van der Waals surface area contributed by atoms with Gasteiger partial charge in [0, 0.05) is 20.6 Å². The van der Waals surface area contributed by atoms with Crippen molar-refractivity contribution in [1.82, 2.24) is 5.43 Å². The Morgan fingerprint density at radius 3 is 2.47 bits per heavy atom. The molecule has 172 valence electrons. The van der Waals surface area contributed by atoms with E-state index in [0.29, 0.717) is 35.3 Å². The highest BCUT2D eigenvalue weighted by atomic mass is 79.9. The molecule has 0 heterocycles. The summed E-state index contributed by atoms with van der Waals surface area (Å²) in [4.78, 5) is 12.5. The lowest BCUT2D eigenvalue weighted by Gasteiger charge is -2.14. The number of hydrazone groups is 1. The molecule has 0 atom stereocenters. The van der Waals surface area contributed by atoms with Crippen LogP contribution < -0.4 is 14.9 Å². The quantitative estimate of drug-likeness (QED) is 0.194. The fourth-order valence-corrected chi connectivity index (χ4v) is 3.88. The summed E-state index contributed by atoms with van der Waals surface area (Å²) in [5.74, 6) is 0.897. The Bertz CT molecular complexity index is 1340. The van der Waals surface area contributed by atoms with Crippen LogP contribution in [-0.4, -0.2) is 18.7 Å². The lowest BCUT2D eigenvalue weighted by molar-refractivity contribution is 0.0955. The van der Waals surface area contributed by atoms with Crippen molar-refractivity contribution in [1.29, 1.82) is 0 Å². The Morgan fingerprint density at radius 1 is 0.971 bits per heavy atom. The second-order valence-electron chi connectivity index (χ2n) is 7.43. The second-order valence-corrected chi connectivity index (χ2v) is 8.72. The Hall–Kier alpha value is -3.35. The lowest BCUT2D eigenvalue weighted by atomic mass is 10.1. The van der Waals surface area contributed by atoms with Gasteiger partial charge in [0.05, 0.1) is 12.8 Å². The van der Waals surface area contributed by atoms with Crippen molar-refractivity contribution in [3.63, 3.8) is 0 Å². The van der Waals surface area contributed by atoms with Gasteiger partial charge in [-0.15, -0.1) is 0 Å². The molecule has 0 fully saturated rings. The van der Waals surface area contributed by atoms with Gasteiger partial charge in [-0.1, -0.05) is 54.1 Å². The van der Waals surface area contributed by atoms with E-state index >= 15 is 0 Å². The fourth-order valence-electron chi connectivity index (χ4n) is 3.33. The molecule has 0 unspecified atom stereocenters. The molecule has 0 aliphatic heterocycles. The minimum absolute atomic E-state index is 0.286. The summed E-state index contributed by atoms with van der Waals surface area (Å²) in [6, 6.07) is 24.5. The number of nitrogens with zero attached hydrogens (tertiary/aromatic N) is 1. The number of nitrogens with one attached hydrogen (secondary N) is 1. The van der Waals surface area contributed by atoms with E-state index in [2.05, 4.69) is 26.5 Å². The molecular weight excluding hydrogens is 516 g/mol. The monoisotopic (exact) mass is 536 g/mol. The molecule has 0 aliphatic carbocycles. The molecule has 4 aromatic rings. The highest BCUT2D eigenvalue weighted by molar-refractivity contribution is 9.10. The third-order valence-corrected chi connectivity index (χ3v) is 5.99. The van der Waals surface area contributed by atoms with E-state index in [9.17, 15) is 4.79 Å². The van der Waals surface area contributed by atoms with Crippen molar-refractivity contribution in [3.05, 3.63) is 105 Å². The number of benzene rings is 4. The first-order valence-corrected chi connectivity index (χ1v) is 11.9. The molecule has 0 aliphatic rings. The predicted octanol–water partition coefficient (Wildman–Crippen LogP) is 7.00. The molecule has 1 amide bonds. The van der Waals surface area contributed by atoms with Crippen LogP contribution in [0.25, 0.3) is 10.8 Å². The van der Waals surface area contributed by atoms with Crippen molar-refractivity contribution in [2.75, 3.05) is 6.61 Å². The Morgan fingerprint density at radius 2 is 1.71 bits per heavy atom. The first kappa shape index (κ1) is 23.8. The number of hydrogen-bond acceptors (Lipinski definition) is 4. The minimum atomic E-state index is -0.286. The number of fused-ring (bicyclic) bond motifs is 1. The van der Waals surface area contributed by atoms with E-state index in [1.165, 1.54) is 0 Å². The van der Waals surface area contributed by atoms with Gasteiger partial charge in [0.25, 0.3) is 5.91 Å². The number of amides is 1. The van der Waals surface area contributed by atoms with Gasteiger partial charge in [-0.2, -0.15) is 5.10 Å². The van der Waals surface area contributed by atoms with E-state index in [-0.39, 0.29) is 5.91 Å². The van der Waals surface area contributed by atoms with Crippen LogP contribution in [0.15, 0.2) is 88.4 Å². The van der Waals surface area contributed by atoms with Crippen LogP contribution in [0.3, 0.4) is 0 Å². The number of hydrogen-bond donors (Lipinski definition) is 1. The van der Waals surface area contributed by atoms with E-state index < -0.39 is 0 Å². The third kappa shape index (κ3) is 5.95. The van der Waals surface area contributed by atoms with Crippen LogP contribution >= 0.6 is 27.5 Å². The van der Waals surface area contributed by atoms with Gasteiger partial charge < -0.3 is 9.47 Å². The molecule has 0 bridgehead atoms. The molecule has 0 radical (unpaired) electrons. The van der Waals surface area contributed by atoms with E-state index in [0.717, 1.165) is 26.4 Å².